The van der Waals surface area contributed by atoms with Crippen LogP contribution < -0.4 is 5.32 Å². The number of amides is 1. The number of rotatable bonds is 4. The summed E-state index contributed by atoms with van der Waals surface area (Å²) in [5, 5.41) is 2.23. The average Bonchev–Trinajstić information content (AvgIpc) is 2.28. The van der Waals surface area contributed by atoms with Crippen molar-refractivity contribution in [2.24, 2.45) is 0 Å². The third-order valence-corrected chi connectivity index (χ3v) is 4.62. The lowest BCUT2D eigenvalue weighted by Gasteiger charge is -2.11. The largest absolute Gasteiger partial charge is 0.350 e. The van der Waals surface area contributed by atoms with Crippen molar-refractivity contribution in [2.75, 3.05) is 0 Å². The molecule has 0 aliphatic heterocycles. The summed E-state index contributed by atoms with van der Waals surface area (Å²) >= 11 is 0. The van der Waals surface area contributed by atoms with Gasteiger partial charge in [0.2, 0.25) is 0 Å². The molecule has 0 aromatic heterocycles. The van der Waals surface area contributed by atoms with Crippen LogP contribution in [-0.4, -0.2) is 25.6 Å². The van der Waals surface area contributed by atoms with E-state index in [9.17, 15) is 13.2 Å². The van der Waals surface area contributed by atoms with E-state index >= 15 is 0 Å². The molecule has 4 nitrogen and oxygen atoms in total. The predicted molar refractivity (Wildman–Crippen MR) is 71.4 cm³/mol. The number of carbonyl (C=O) groups excluding carboxylic acids is 1. The highest BCUT2D eigenvalue weighted by Crippen LogP contribution is 2.17. The van der Waals surface area contributed by atoms with Gasteiger partial charge >= 0.3 is 0 Å². The Morgan fingerprint density at radius 1 is 1.17 bits per heavy atom. The molecular formula is C13H19NO3S. The van der Waals surface area contributed by atoms with Crippen molar-refractivity contribution in [2.45, 2.75) is 43.9 Å². The fraction of sp³-hybridized carbons (Fsp3) is 0.462. The van der Waals surface area contributed by atoms with Crippen molar-refractivity contribution in [3.63, 3.8) is 0 Å². The second kappa shape index (κ2) is 5.52. The van der Waals surface area contributed by atoms with Crippen molar-refractivity contribution in [3.8, 4) is 0 Å². The zero-order chi connectivity index (χ0) is 13.9. The Morgan fingerprint density at radius 3 is 2.28 bits per heavy atom. The summed E-state index contributed by atoms with van der Waals surface area (Å²) in [5.41, 5.74) is 0.366. The Labute approximate surface area is 108 Å². The molecule has 18 heavy (non-hydrogen) atoms. The summed E-state index contributed by atoms with van der Waals surface area (Å²) in [7, 11) is -3.34. The molecule has 1 rings (SSSR count). The molecule has 1 N–H and O–H groups in total. The summed E-state index contributed by atoms with van der Waals surface area (Å²) in [5.74, 6) is -0.259. The van der Waals surface area contributed by atoms with Crippen LogP contribution in [0.5, 0.6) is 0 Å². The van der Waals surface area contributed by atoms with Crippen LogP contribution in [0, 0.1) is 0 Å². The van der Waals surface area contributed by atoms with Crippen LogP contribution in [0.1, 0.15) is 38.1 Å². The van der Waals surface area contributed by atoms with Gasteiger partial charge in [-0.2, -0.15) is 0 Å². The highest BCUT2D eigenvalue weighted by Gasteiger charge is 2.20. The van der Waals surface area contributed by atoms with E-state index in [-0.39, 0.29) is 16.8 Å². The minimum atomic E-state index is -3.34. The van der Waals surface area contributed by atoms with E-state index < -0.39 is 15.1 Å². The van der Waals surface area contributed by atoms with Gasteiger partial charge in [0.15, 0.2) is 9.84 Å². The maximum Gasteiger partial charge on any atom is 0.251 e. The van der Waals surface area contributed by atoms with Gasteiger partial charge < -0.3 is 5.32 Å². The smallest absolute Gasteiger partial charge is 0.251 e. The van der Waals surface area contributed by atoms with Crippen molar-refractivity contribution in [1.29, 1.82) is 0 Å². The molecule has 0 spiro atoms. The lowest BCUT2D eigenvalue weighted by molar-refractivity contribution is 0.0943. The molecule has 100 valence electrons. The van der Waals surface area contributed by atoms with Crippen molar-refractivity contribution >= 4 is 15.7 Å². The maximum atomic E-state index is 12.0. The van der Waals surface area contributed by atoms with Gasteiger partial charge in [0.1, 0.15) is 0 Å². The van der Waals surface area contributed by atoms with Gasteiger partial charge in [0.25, 0.3) is 5.91 Å². The molecule has 5 heteroatoms. The first-order valence-corrected chi connectivity index (χ1v) is 7.44. The van der Waals surface area contributed by atoms with E-state index in [2.05, 4.69) is 5.32 Å². The Balaban J connectivity index is 3.11. The highest BCUT2D eigenvalue weighted by molar-refractivity contribution is 7.92. The fourth-order valence-electron chi connectivity index (χ4n) is 1.43. The summed E-state index contributed by atoms with van der Waals surface area (Å²) in [4.78, 5) is 12.0. The number of carbonyl (C=O) groups is 1. The Hall–Kier alpha value is -1.36. The molecule has 0 saturated heterocycles. The third-order valence-electron chi connectivity index (χ3n) is 2.47. The molecule has 0 unspecified atom stereocenters. The van der Waals surface area contributed by atoms with E-state index in [1.54, 1.807) is 26.0 Å². The maximum absolute atomic E-state index is 12.0. The molecule has 1 aromatic carbocycles. The minimum Gasteiger partial charge on any atom is -0.350 e. The Bertz CT molecular complexity index is 533. The van der Waals surface area contributed by atoms with Crippen LogP contribution >= 0.6 is 0 Å². The van der Waals surface area contributed by atoms with E-state index in [4.69, 9.17) is 0 Å². The predicted octanol–water partition coefficient (Wildman–Crippen LogP) is 2.01. The lowest BCUT2D eigenvalue weighted by Crippen LogP contribution is -2.30. The number of hydrogen-bond acceptors (Lipinski definition) is 3. The number of hydrogen-bond donors (Lipinski definition) is 1. The van der Waals surface area contributed by atoms with Gasteiger partial charge in [0.05, 0.1) is 10.1 Å². The van der Waals surface area contributed by atoms with Gasteiger partial charge in [-0.3, -0.25) is 4.79 Å². The van der Waals surface area contributed by atoms with Gasteiger partial charge in [-0.05, 0) is 45.9 Å². The molecule has 1 amide bonds. The third kappa shape index (κ3) is 3.32. The highest BCUT2D eigenvalue weighted by atomic mass is 32.2. The molecule has 0 atom stereocenters. The first-order chi connectivity index (χ1) is 8.25. The van der Waals surface area contributed by atoms with Gasteiger partial charge in [0, 0.05) is 11.6 Å². The van der Waals surface area contributed by atoms with E-state index in [0.29, 0.717) is 5.56 Å². The van der Waals surface area contributed by atoms with Crippen LogP contribution in [0.15, 0.2) is 29.2 Å². The van der Waals surface area contributed by atoms with Crippen LogP contribution in [0.25, 0.3) is 0 Å². The zero-order valence-corrected chi connectivity index (χ0v) is 11.9. The van der Waals surface area contributed by atoms with Gasteiger partial charge in [-0.15, -0.1) is 0 Å². The molecule has 0 heterocycles. The topological polar surface area (TPSA) is 63.2 Å². The molecule has 0 saturated carbocycles. The Kier molecular flexibility index (Phi) is 4.51. The minimum absolute atomic E-state index is 0.0165. The number of benzene rings is 1. The average molecular weight is 269 g/mol. The lowest BCUT2D eigenvalue weighted by atomic mass is 10.2. The standard InChI is InChI=1S/C13H19NO3S/c1-9(2)14-13(15)11-6-5-7-12(8-11)18(16,17)10(3)4/h5-10H,1-4H3,(H,14,15). The molecule has 0 aliphatic rings. The summed E-state index contributed by atoms with van der Waals surface area (Å²) in [6, 6.07) is 6.15. The SMILES string of the molecule is CC(C)NC(=O)c1cccc(S(=O)(=O)C(C)C)c1. The first kappa shape index (κ1) is 14.7. The van der Waals surface area contributed by atoms with Crippen molar-refractivity contribution in [3.05, 3.63) is 29.8 Å². The fourth-order valence-corrected chi connectivity index (χ4v) is 2.54. The molecule has 0 aliphatic carbocycles. The number of nitrogens with one attached hydrogen (secondary N) is 1. The summed E-state index contributed by atoms with van der Waals surface area (Å²) < 4.78 is 24.0. The quantitative estimate of drug-likeness (QED) is 0.909. The van der Waals surface area contributed by atoms with Crippen LogP contribution in [0.3, 0.4) is 0 Å². The molecule has 1 aromatic rings. The normalized spacial score (nSPS) is 11.9. The molecule has 0 bridgehead atoms. The van der Waals surface area contributed by atoms with E-state index in [1.165, 1.54) is 12.1 Å². The van der Waals surface area contributed by atoms with Crippen LogP contribution in [-0.2, 0) is 9.84 Å². The van der Waals surface area contributed by atoms with Gasteiger partial charge in [-0.1, -0.05) is 6.07 Å². The van der Waals surface area contributed by atoms with Crippen LogP contribution in [0.2, 0.25) is 0 Å². The monoisotopic (exact) mass is 269 g/mol. The molecule has 0 fully saturated rings. The second-order valence-corrected chi connectivity index (χ2v) is 7.25. The first-order valence-electron chi connectivity index (χ1n) is 5.90. The summed E-state index contributed by atoms with van der Waals surface area (Å²) in [6.07, 6.45) is 0. The van der Waals surface area contributed by atoms with E-state index in [1.807, 2.05) is 13.8 Å². The molecular weight excluding hydrogens is 250 g/mol. The number of sulfone groups is 1. The van der Waals surface area contributed by atoms with E-state index in [0.717, 1.165) is 0 Å². The summed E-state index contributed by atoms with van der Waals surface area (Å²) in [6.45, 7) is 6.95. The van der Waals surface area contributed by atoms with Gasteiger partial charge in [-0.25, -0.2) is 8.42 Å². The molecule has 0 radical (unpaired) electrons. The van der Waals surface area contributed by atoms with Crippen LogP contribution in [0.4, 0.5) is 0 Å². The van der Waals surface area contributed by atoms with Crippen molar-refractivity contribution < 1.29 is 13.2 Å². The Morgan fingerprint density at radius 2 is 1.78 bits per heavy atom. The second-order valence-electron chi connectivity index (χ2n) is 4.75. The zero-order valence-electron chi connectivity index (χ0n) is 11.1. The van der Waals surface area contributed by atoms with Crippen molar-refractivity contribution in [1.82, 2.24) is 5.32 Å².